The number of hydrogen-bond acceptors (Lipinski definition) is 5. The zero-order valence-electron chi connectivity index (χ0n) is 19.9. The lowest BCUT2D eigenvalue weighted by atomic mass is 9.52. The fourth-order valence-electron chi connectivity index (χ4n) is 7.87. The number of carbonyl (C=O) groups excluding carboxylic acids is 1. The Morgan fingerprint density at radius 2 is 1.69 bits per heavy atom. The third-order valence-corrected chi connectivity index (χ3v) is 9.01. The number of carbonyl (C=O) groups is 1. The number of fused-ring (bicyclic) bond motifs is 1. The Bertz CT molecular complexity index is 1270. The lowest BCUT2D eigenvalue weighted by Crippen LogP contribution is -2.64. The summed E-state index contributed by atoms with van der Waals surface area (Å²) in [6, 6.07) is 4.03. The van der Waals surface area contributed by atoms with E-state index in [1.165, 1.54) is 51.0 Å². The van der Waals surface area contributed by atoms with Gasteiger partial charge in [-0.25, -0.2) is 9.50 Å². The molecule has 8 rings (SSSR count). The highest BCUT2D eigenvalue weighted by Crippen LogP contribution is 2.57. The van der Waals surface area contributed by atoms with Crippen molar-refractivity contribution in [2.45, 2.75) is 50.2 Å². The molecule has 1 amide bonds. The first-order chi connectivity index (χ1) is 17.3. The maximum atomic E-state index is 13.8. The van der Waals surface area contributed by atoms with Crippen molar-refractivity contribution in [3.05, 3.63) is 41.9 Å². The van der Waals surface area contributed by atoms with Gasteiger partial charge in [0.2, 0.25) is 0 Å². The highest BCUT2D eigenvalue weighted by molar-refractivity contribution is 6.00. The minimum absolute atomic E-state index is 0.0148. The molecular formula is C26H28F3N5O2. The van der Waals surface area contributed by atoms with Crippen LogP contribution in [-0.2, 0) is 6.18 Å². The van der Waals surface area contributed by atoms with Crippen molar-refractivity contribution < 1.29 is 22.4 Å². The normalized spacial score (nSPS) is 30.4. The second-order valence-corrected chi connectivity index (χ2v) is 11.2. The SMILES string of the molecule is O=C(c1cnn2c(C(F)(F)F)cc(-c3ccco3)nc12)N1CCN(C23CC4CC(CC(C4)C2)C3)CC1. The average molecular weight is 500 g/mol. The van der Waals surface area contributed by atoms with Crippen LogP contribution in [0.5, 0.6) is 0 Å². The van der Waals surface area contributed by atoms with Crippen LogP contribution in [0.3, 0.4) is 0 Å². The van der Waals surface area contributed by atoms with Crippen molar-refractivity contribution in [2.75, 3.05) is 26.2 Å². The molecule has 7 nitrogen and oxygen atoms in total. The Morgan fingerprint density at radius 3 is 2.28 bits per heavy atom. The van der Waals surface area contributed by atoms with Crippen LogP contribution >= 0.6 is 0 Å². The van der Waals surface area contributed by atoms with E-state index in [0.29, 0.717) is 17.6 Å². The van der Waals surface area contributed by atoms with E-state index in [-0.39, 0.29) is 34.1 Å². The Morgan fingerprint density at radius 1 is 1.03 bits per heavy atom. The molecule has 1 saturated heterocycles. The van der Waals surface area contributed by atoms with Gasteiger partial charge in [-0.3, -0.25) is 9.69 Å². The topological polar surface area (TPSA) is 66.9 Å². The van der Waals surface area contributed by atoms with Gasteiger partial charge in [0.15, 0.2) is 17.1 Å². The van der Waals surface area contributed by atoms with E-state index >= 15 is 0 Å². The van der Waals surface area contributed by atoms with Crippen molar-refractivity contribution in [1.82, 2.24) is 24.4 Å². The number of furan rings is 1. The predicted molar refractivity (Wildman–Crippen MR) is 124 cm³/mol. The Hall–Kier alpha value is -2.88. The summed E-state index contributed by atoms with van der Waals surface area (Å²) in [5.74, 6) is 2.44. The molecule has 0 spiro atoms. The molecule has 5 aliphatic rings. The summed E-state index contributed by atoms with van der Waals surface area (Å²) < 4.78 is 47.5. The summed E-state index contributed by atoms with van der Waals surface area (Å²) in [5.41, 5.74) is -0.720. The highest BCUT2D eigenvalue weighted by Gasteiger charge is 2.53. The molecule has 190 valence electrons. The van der Waals surface area contributed by atoms with Crippen LogP contribution in [0.4, 0.5) is 13.2 Å². The number of halogens is 3. The van der Waals surface area contributed by atoms with E-state index in [4.69, 9.17) is 4.42 Å². The lowest BCUT2D eigenvalue weighted by molar-refractivity contribution is -0.142. The Labute approximate surface area is 206 Å². The first-order valence-corrected chi connectivity index (χ1v) is 12.8. The monoisotopic (exact) mass is 499 g/mol. The zero-order chi connectivity index (χ0) is 24.7. The fraction of sp³-hybridized carbons (Fsp3) is 0.577. The second-order valence-electron chi connectivity index (χ2n) is 11.2. The molecule has 1 aliphatic heterocycles. The molecule has 4 saturated carbocycles. The fourth-order valence-corrected chi connectivity index (χ4v) is 7.87. The maximum Gasteiger partial charge on any atom is 0.433 e. The first-order valence-electron chi connectivity index (χ1n) is 12.8. The second kappa shape index (κ2) is 7.81. The maximum absolute atomic E-state index is 13.8. The molecule has 3 aromatic heterocycles. The van der Waals surface area contributed by atoms with Crippen LogP contribution in [0.25, 0.3) is 17.1 Å². The van der Waals surface area contributed by atoms with E-state index in [2.05, 4.69) is 15.0 Å². The number of rotatable bonds is 3. The Kier molecular flexibility index (Phi) is 4.84. The smallest absolute Gasteiger partial charge is 0.433 e. The lowest BCUT2D eigenvalue weighted by Gasteiger charge is -2.61. The van der Waals surface area contributed by atoms with E-state index < -0.39 is 11.9 Å². The molecule has 0 atom stereocenters. The molecule has 36 heavy (non-hydrogen) atoms. The largest absolute Gasteiger partial charge is 0.463 e. The summed E-state index contributed by atoms with van der Waals surface area (Å²) in [5, 5.41) is 3.91. The number of alkyl halides is 3. The molecule has 4 heterocycles. The number of nitrogens with zero attached hydrogens (tertiary/aromatic N) is 5. The molecule has 0 radical (unpaired) electrons. The van der Waals surface area contributed by atoms with Gasteiger partial charge in [-0.15, -0.1) is 0 Å². The van der Waals surface area contributed by atoms with Crippen LogP contribution in [-0.4, -0.2) is 62.0 Å². The summed E-state index contributed by atoms with van der Waals surface area (Å²) in [7, 11) is 0. The molecular weight excluding hydrogens is 471 g/mol. The van der Waals surface area contributed by atoms with E-state index in [0.717, 1.165) is 36.9 Å². The minimum Gasteiger partial charge on any atom is -0.463 e. The molecule has 0 unspecified atom stereocenters. The number of piperazine rings is 1. The molecule has 10 heteroatoms. The third-order valence-electron chi connectivity index (χ3n) is 9.01. The van der Waals surface area contributed by atoms with Crippen molar-refractivity contribution in [2.24, 2.45) is 17.8 Å². The number of hydrogen-bond donors (Lipinski definition) is 0. The van der Waals surface area contributed by atoms with Crippen molar-refractivity contribution >= 4 is 11.6 Å². The van der Waals surface area contributed by atoms with Gasteiger partial charge < -0.3 is 9.32 Å². The quantitative estimate of drug-likeness (QED) is 0.521. The van der Waals surface area contributed by atoms with Crippen molar-refractivity contribution in [1.29, 1.82) is 0 Å². The molecule has 0 aromatic carbocycles. The van der Waals surface area contributed by atoms with Gasteiger partial charge in [-0.05, 0) is 74.5 Å². The number of amides is 1. The summed E-state index contributed by atoms with van der Waals surface area (Å²) in [4.78, 5) is 22.2. The highest BCUT2D eigenvalue weighted by atomic mass is 19.4. The summed E-state index contributed by atoms with van der Waals surface area (Å²) in [6.07, 6.45) is 5.91. The van der Waals surface area contributed by atoms with E-state index in [1.54, 1.807) is 17.0 Å². The van der Waals surface area contributed by atoms with Crippen LogP contribution in [0, 0.1) is 17.8 Å². The third kappa shape index (κ3) is 3.48. The van der Waals surface area contributed by atoms with Gasteiger partial charge in [0.05, 0.1) is 12.5 Å². The molecule has 4 aliphatic carbocycles. The standard InChI is InChI=1S/C26H28F3N5O2/c27-26(28,29)22-11-20(21-2-1-7-36-21)31-23-19(15-30-34(22)23)24(35)32-3-5-33(6-4-32)25-12-16-8-17(13-25)10-18(9-16)14-25/h1-2,7,11,15-18H,3-6,8-10,12-14H2. The summed E-state index contributed by atoms with van der Waals surface area (Å²) in [6.45, 7) is 2.72. The average Bonchev–Trinajstić information content (AvgIpc) is 3.52. The van der Waals surface area contributed by atoms with Gasteiger partial charge in [-0.2, -0.15) is 18.3 Å². The van der Waals surface area contributed by atoms with E-state index in [1.807, 2.05) is 0 Å². The van der Waals surface area contributed by atoms with Gasteiger partial charge >= 0.3 is 6.18 Å². The summed E-state index contributed by atoms with van der Waals surface area (Å²) >= 11 is 0. The van der Waals surface area contributed by atoms with Crippen LogP contribution in [0.1, 0.15) is 54.6 Å². The molecule has 5 fully saturated rings. The first kappa shape index (κ1) is 22.3. The van der Waals surface area contributed by atoms with Crippen LogP contribution in [0.2, 0.25) is 0 Å². The van der Waals surface area contributed by atoms with Crippen LogP contribution in [0.15, 0.2) is 35.1 Å². The zero-order valence-corrected chi connectivity index (χ0v) is 19.9. The molecule has 4 bridgehead atoms. The van der Waals surface area contributed by atoms with Gasteiger partial charge in [0, 0.05) is 31.7 Å². The van der Waals surface area contributed by atoms with Gasteiger partial charge in [-0.1, -0.05) is 0 Å². The van der Waals surface area contributed by atoms with E-state index in [9.17, 15) is 18.0 Å². The number of aromatic nitrogens is 3. The van der Waals surface area contributed by atoms with Gasteiger partial charge in [0.25, 0.3) is 5.91 Å². The van der Waals surface area contributed by atoms with Gasteiger partial charge in [0.1, 0.15) is 11.3 Å². The Balaban J connectivity index is 1.15. The van der Waals surface area contributed by atoms with Crippen molar-refractivity contribution in [3.63, 3.8) is 0 Å². The predicted octanol–water partition coefficient (Wildman–Crippen LogP) is 4.73. The van der Waals surface area contributed by atoms with Crippen molar-refractivity contribution in [3.8, 4) is 11.5 Å². The molecule has 3 aromatic rings. The molecule has 0 N–H and O–H groups in total. The van der Waals surface area contributed by atoms with Crippen LogP contribution < -0.4 is 0 Å². The minimum atomic E-state index is -4.67.